The number of carbonyl (C=O) groups is 1. The van der Waals surface area contributed by atoms with Gasteiger partial charge in [0, 0.05) is 30.2 Å². The molecule has 6 fully saturated rings. The molecule has 46 heavy (non-hydrogen) atoms. The number of thiophene rings is 1. The average Bonchev–Trinajstić information content (AvgIpc) is 3.77. The van der Waals surface area contributed by atoms with Crippen molar-refractivity contribution in [2.45, 2.75) is 97.2 Å². The minimum absolute atomic E-state index is 0. The summed E-state index contributed by atoms with van der Waals surface area (Å²) in [6.45, 7) is 17.2. The van der Waals surface area contributed by atoms with Crippen molar-refractivity contribution in [3.8, 4) is 0 Å². The molecule has 8 rings (SSSR count). The number of unbranched alkanes of at least 4 members (excludes halogenated alkanes) is 4. The highest BCUT2D eigenvalue weighted by Crippen LogP contribution is 2.36. The molecule has 0 spiro atoms. The molecule has 0 unspecified atom stereocenters. The predicted octanol–water partition coefficient (Wildman–Crippen LogP) is 1.72. The lowest BCUT2D eigenvalue weighted by Crippen LogP contribution is -3.00. The summed E-state index contributed by atoms with van der Waals surface area (Å²) in [7, 11) is 0. The van der Waals surface area contributed by atoms with Gasteiger partial charge in [-0.25, -0.2) is 4.79 Å². The molecule has 10 heteroatoms. The second kappa shape index (κ2) is 19.9. The van der Waals surface area contributed by atoms with E-state index in [1.807, 2.05) is 30.5 Å². The molecule has 2 aromatic heterocycles. The van der Waals surface area contributed by atoms with Gasteiger partial charge >= 0.3 is 6.09 Å². The van der Waals surface area contributed by atoms with E-state index in [1.54, 1.807) is 22.5 Å². The molecule has 6 aliphatic heterocycles. The van der Waals surface area contributed by atoms with Crippen LogP contribution in [0.4, 0.5) is 4.79 Å². The summed E-state index contributed by atoms with van der Waals surface area (Å²) in [5.74, 6) is 2.37. The van der Waals surface area contributed by atoms with Crippen molar-refractivity contribution >= 4 is 17.4 Å². The van der Waals surface area contributed by atoms with Crippen LogP contribution >= 0.6 is 11.3 Å². The molecule has 0 radical (unpaired) electrons. The summed E-state index contributed by atoms with van der Waals surface area (Å²) < 4.78 is 19.7. The first kappa shape index (κ1) is 39.5. The van der Waals surface area contributed by atoms with Gasteiger partial charge in [-0.05, 0) is 68.5 Å². The number of quaternary nitrogens is 2. The van der Waals surface area contributed by atoms with E-state index in [4.69, 9.17) is 13.9 Å². The third-order valence-electron chi connectivity index (χ3n) is 11.1. The third-order valence-corrected chi connectivity index (χ3v) is 12.0. The number of hydrogen-bond donors (Lipinski definition) is 0. The van der Waals surface area contributed by atoms with Crippen LogP contribution in [0.2, 0.25) is 0 Å². The Morgan fingerprint density at radius 3 is 2.24 bits per heavy atom. The number of piperidine rings is 6. The lowest BCUT2D eigenvalue weighted by molar-refractivity contribution is -0.946. The fourth-order valence-electron chi connectivity index (χ4n) is 8.17. The lowest BCUT2D eigenvalue weighted by Gasteiger charge is -2.52. The Morgan fingerprint density at radius 1 is 0.891 bits per heavy atom. The minimum atomic E-state index is -0.239. The van der Waals surface area contributed by atoms with Gasteiger partial charge in [-0.15, -0.1) is 11.3 Å². The molecular formula is C36H59Br2N3O4S. The maximum atomic E-state index is 13.1. The van der Waals surface area contributed by atoms with Crippen molar-refractivity contribution in [2.75, 3.05) is 65.6 Å². The molecule has 262 valence electrons. The molecule has 0 saturated carbocycles. The first-order valence-electron chi connectivity index (χ1n) is 17.8. The van der Waals surface area contributed by atoms with E-state index in [2.05, 4.69) is 13.0 Å². The number of rotatable bonds is 15. The number of furan rings is 1. The Labute approximate surface area is 303 Å². The summed E-state index contributed by atoms with van der Waals surface area (Å²) in [6, 6.07) is 7.81. The topological polar surface area (TPSA) is 51.9 Å². The first-order chi connectivity index (χ1) is 21.5. The molecule has 0 aromatic carbocycles. The van der Waals surface area contributed by atoms with Crippen LogP contribution in [0.15, 0.2) is 40.3 Å². The largest absolute Gasteiger partial charge is 1.00 e. The fourth-order valence-corrected chi connectivity index (χ4v) is 8.89. The van der Waals surface area contributed by atoms with Crippen LogP contribution in [-0.2, 0) is 22.6 Å². The van der Waals surface area contributed by atoms with E-state index in [0.29, 0.717) is 19.0 Å². The summed E-state index contributed by atoms with van der Waals surface area (Å²) in [5, 5.41) is 2.03. The zero-order chi connectivity index (χ0) is 30.7. The average molecular weight is 790 g/mol. The highest BCUT2D eigenvalue weighted by Gasteiger charge is 2.47. The highest BCUT2D eigenvalue weighted by atomic mass is 79.9. The molecule has 4 bridgehead atoms. The first-order valence-corrected chi connectivity index (χ1v) is 18.7. The summed E-state index contributed by atoms with van der Waals surface area (Å²) in [6.07, 6.45) is 15.5. The Morgan fingerprint density at radius 2 is 1.61 bits per heavy atom. The summed E-state index contributed by atoms with van der Waals surface area (Å²) in [4.78, 5) is 16.0. The number of carbonyl (C=O) groups excluding carboxylic acids is 1. The third kappa shape index (κ3) is 11.3. The van der Waals surface area contributed by atoms with Gasteiger partial charge in [0.15, 0.2) is 6.10 Å². The number of hydrogen-bond acceptors (Lipinski definition) is 5. The molecule has 2 aromatic rings. The van der Waals surface area contributed by atoms with Gasteiger partial charge in [0.25, 0.3) is 0 Å². The van der Waals surface area contributed by atoms with Crippen molar-refractivity contribution in [1.29, 1.82) is 0 Å². The number of halogens is 2. The second-order valence-electron chi connectivity index (χ2n) is 14.0. The maximum absolute atomic E-state index is 13.1. The monoisotopic (exact) mass is 787 g/mol. The van der Waals surface area contributed by atoms with E-state index >= 15 is 0 Å². The van der Waals surface area contributed by atoms with E-state index in [-0.39, 0.29) is 46.2 Å². The molecule has 0 aliphatic carbocycles. The van der Waals surface area contributed by atoms with E-state index in [1.165, 1.54) is 95.1 Å². The standard InChI is InChI=1S/C22H31N2O4S.C14H28N.2BrH/c1-2-26-13-11-24-9-7-18(8-10-24)21(17-24)28-22(25)23(15-19-5-3-12-27-19)16-20-6-4-14-29-20;1-2-3-4-5-6-10-15-11-7-14(8-12-15)9-13-15;;/h3-6,12,14,18,21H,2,7-11,13,15-17H2,1H3;14H,2-13H2,1H3;2*1H/q2*+1;;/p-2/t18?,21-,24?;;;/m0.../s1. The van der Waals surface area contributed by atoms with Gasteiger partial charge in [0.2, 0.25) is 0 Å². The zero-order valence-corrected chi connectivity index (χ0v) is 32.4. The fraction of sp³-hybridized carbons (Fsp3) is 0.750. The van der Waals surface area contributed by atoms with Gasteiger partial charge in [0.05, 0.1) is 65.2 Å². The van der Waals surface area contributed by atoms with Crippen LogP contribution in [0.25, 0.3) is 0 Å². The van der Waals surface area contributed by atoms with Crippen molar-refractivity contribution in [1.82, 2.24) is 4.90 Å². The van der Waals surface area contributed by atoms with Crippen molar-refractivity contribution in [2.24, 2.45) is 11.8 Å². The molecule has 6 saturated heterocycles. The van der Waals surface area contributed by atoms with Crippen LogP contribution < -0.4 is 34.0 Å². The van der Waals surface area contributed by atoms with Crippen LogP contribution in [0, 0.1) is 11.8 Å². The van der Waals surface area contributed by atoms with Gasteiger partial charge in [-0.1, -0.05) is 32.3 Å². The molecule has 1 atom stereocenters. The number of nitrogens with zero attached hydrogens (tertiary/aromatic N) is 3. The Hall–Kier alpha value is -0.910. The SMILES string of the molecule is CCCCCCC[N+]12CCC(CC1)CC2.CCOCC[N+]12CCC(CC1)[C@@H](OC(=O)N(Cc1ccco1)Cc1cccs1)C2.[Br-].[Br-]. The maximum Gasteiger partial charge on any atom is 0.411 e. The van der Waals surface area contributed by atoms with Crippen LogP contribution in [0.3, 0.4) is 0 Å². The van der Waals surface area contributed by atoms with Gasteiger partial charge in [-0.3, -0.25) is 4.90 Å². The van der Waals surface area contributed by atoms with Gasteiger partial charge in [0.1, 0.15) is 18.8 Å². The Kier molecular flexibility index (Phi) is 17.1. The smallest absolute Gasteiger partial charge is 0.411 e. The van der Waals surface area contributed by atoms with Crippen LogP contribution in [-0.4, -0.2) is 91.6 Å². The summed E-state index contributed by atoms with van der Waals surface area (Å²) >= 11 is 1.65. The molecule has 0 N–H and O–H groups in total. The molecule has 1 amide bonds. The molecule has 6 aliphatic rings. The second-order valence-corrected chi connectivity index (χ2v) is 15.1. The predicted molar refractivity (Wildman–Crippen MR) is 177 cm³/mol. The lowest BCUT2D eigenvalue weighted by atomic mass is 9.83. The Bertz CT molecular complexity index is 1040. The zero-order valence-electron chi connectivity index (χ0n) is 28.4. The highest BCUT2D eigenvalue weighted by molar-refractivity contribution is 7.09. The Balaban J connectivity index is 0.000000288. The number of ether oxygens (including phenoxy) is 2. The van der Waals surface area contributed by atoms with E-state index < -0.39 is 0 Å². The van der Waals surface area contributed by atoms with E-state index in [0.717, 1.165) is 60.2 Å². The minimum Gasteiger partial charge on any atom is -1.00 e. The van der Waals surface area contributed by atoms with Crippen molar-refractivity contribution in [3.05, 3.63) is 46.5 Å². The molecule has 8 heterocycles. The number of fused-ring (bicyclic) bond motifs is 6. The van der Waals surface area contributed by atoms with Crippen LogP contribution in [0.1, 0.15) is 88.7 Å². The number of amides is 1. The van der Waals surface area contributed by atoms with Crippen LogP contribution in [0.5, 0.6) is 0 Å². The molecular weight excluding hydrogens is 730 g/mol. The van der Waals surface area contributed by atoms with Crippen molar-refractivity contribution in [3.63, 3.8) is 0 Å². The quantitative estimate of drug-likeness (QED) is 0.204. The summed E-state index contributed by atoms with van der Waals surface area (Å²) in [5.41, 5.74) is 0. The van der Waals surface area contributed by atoms with Gasteiger partial charge in [-0.2, -0.15) is 0 Å². The van der Waals surface area contributed by atoms with Crippen molar-refractivity contribution < 1.29 is 61.6 Å². The van der Waals surface area contributed by atoms with Gasteiger partial charge < -0.3 is 56.8 Å². The molecule has 7 nitrogen and oxygen atoms in total. The normalized spacial score (nSPS) is 27.6. The van der Waals surface area contributed by atoms with E-state index in [9.17, 15) is 4.79 Å².